The third-order valence-corrected chi connectivity index (χ3v) is 5.48. The first-order chi connectivity index (χ1) is 13.5. The lowest BCUT2D eigenvalue weighted by Gasteiger charge is -2.14. The summed E-state index contributed by atoms with van der Waals surface area (Å²) in [5.74, 6) is 0.479. The molecule has 0 bridgehead atoms. The molecule has 5 nitrogen and oxygen atoms in total. The molecule has 1 heterocycles. The summed E-state index contributed by atoms with van der Waals surface area (Å²) in [5.41, 5.74) is 1.58. The van der Waals surface area contributed by atoms with E-state index in [2.05, 4.69) is 22.1 Å². The van der Waals surface area contributed by atoms with Crippen molar-refractivity contribution in [1.82, 2.24) is 20.1 Å². The van der Waals surface area contributed by atoms with Crippen LogP contribution in [0.2, 0.25) is 10.0 Å². The minimum Gasteiger partial charge on any atom is -0.352 e. The summed E-state index contributed by atoms with van der Waals surface area (Å²) in [6.07, 6.45) is 1.64. The number of halogens is 2. The Kier molecular flexibility index (Phi) is 6.78. The first kappa shape index (κ1) is 20.5. The Morgan fingerprint density at radius 3 is 2.68 bits per heavy atom. The van der Waals surface area contributed by atoms with Crippen molar-refractivity contribution >= 4 is 40.9 Å². The van der Waals surface area contributed by atoms with Gasteiger partial charge in [-0.1, -0.05) is 59.2 Å². The van der Waals surface area contributed by atoms with Crippen molar-refractivity contribution in [1.29, 1.82) is 0 Å². The van der Waals surface area contributed by atoms with Gasteiger partial charge in [-0.3, -0.25) is 9.36 Å². The van der Waals surface area contributed by atoms with E-state index in [0.717, 1.165) is 5.69 Å². The van der Waals surface area contributed by atoms with Crippen molar-refractivity contribution in [2.45, 2.75) is 17.3 Å². The highest BCUT2D eigenvalue weighted by atomic mass is 35.5. The van der Waals surface area contributed by atoms with Crippen LogP contribution in [-0.2, 0) is 4.79 Å². The summed E-state index contributed by atoms with van der Waals surface area (Å²) in [7, 11) is 0. The van der Waals surface area contributed by atoms with Gasteiger partial charge < -0.3 is 5.32 Å². The normalized spacial score (nSPS) is 11.8. The van der Waals surface area contributed by atoms with Gasteiger partial charge >= 0.3 is 0 Å². The number of nitrogens with zero attached hydrogens (tertiary/aromatic N) is 3. The maximum atomic E-state index is 12.2. The second kappa shape index (κ2) is 9.28. The molecule has 144 valence electrons. The number of carbonyl (C=O) groups excluding carboxylic acids is 1. The van der Waals surface area contributed by atoms with E-state index in [9.17, 15) is 4.79 Å². The quantitative estimate of drug-likeness (QED) is 0.420. The van der Waals surface area contributed by atoms with Gasteiger partial charge in [-0.05, 0) is 37.3 Å². The summed E-state index contributed by atoms with van der Waals surface area (Å²) in [4.78, 5) is 12.2. The number of amides is 1. The Morgan fingerprint density at radius 2 is 2.00 bits per heavy atom. The average Bonchev–Trinajstić information content (AvgIpc) is 3.09. The van der Waals surface area contributed by atoms with Gasteiger partial charge in [0.15, 0.2) is 11.0 Å². The maximum Gasteiger partial charge on any atom is 0.233 e. The Hall–Kier alpha value is -2.28. The Labute approximate surface area is 177 Å². The van der Waals surface area contributed by atoms with Crippen molar-refractivity contribution in [3.63, 3.8) is 0 Å². The molecule has 0 aliphatic carbocycles. The molecule has 0 radical (unpaired) electrons. The van der Waals surface area contributed by atoms with Crippen LogP contribution >= 0.6 is 35.0 Å². The second-order valence-electron chi connectivity index (χ2n) is 5.90. The highest BCUT2D eigenvalue weighted by molar-refractivity contribution is 8.00. The molecule has 0 saturated heterocycles. The topological polar surface area (TPSA) is 59.8 Å². The smallest absolute Gasteiger partial charge is 0.233 e. The number of hydrogen-bond acceptors (Lipinski definition) is 4. The third-order valence-electron chi connectivity index (χ3n) is 3.89. The van der Waals surface area contributed by atoms with Crippen molar-refractivity contribution in [3.8, 4) is 17.1 Å². The standard InChI is InChI=1S/C20H18Cl2N4OS/c1-3-11-23-19(27)13(2)28-20-25-24-18(16-10-9-14(21)12-17(16)22)26(20)15-7-5-4-6-8-15/h3-10,12-13H,1,11H2,2H3,(H,23,27). The second-order valence-corrected chi connectivity index (χ2v) is 8.05. The number of aromatic nitrogens is 3. The van der Waals surface area contributed by atoms with Crippen LogP contribution in [0.5, 0.6) is 0 Å². The van der Waals surface area contributed by atoms with Gasteiger partial charge in [0.25, 0.3) is 0 Å². The van der Waals surface area contributed by atoms with Crippen molar-refractivity contribution in [2.75, 3.05) is 6.54 Å². The molecule has 8 heteroatoms. The van der Waals surface area contributed by atoms with Crippen molar-refractivity contribution in [2.24, 2.45) is 0 Å². The molecule has 1 amide bonds. The summed E-state index contributed by atoms with van der Waals surface area (Å²) in [6.45, 7) is 5.85. The number of nitrogens with one attached hydrogen (secondary N) is 1. The predicted molar refractivity (Wildman–Crippen MR) is 115 cm³/mol. The van der Waals surface area contributed by atoms with E-state index < -0.39 is 0 Å². The highest BCUT2D eigenvalue weighted by Gasteiger charge is 2.22. The van der Waals surface area contributed by atoms with Crippen LogP contribution in [0.4, 0.5) is 0 Å². The molecule has 1 N–H and O–H groups in total. The molecule has 3 aromatic rings. The van der Waals surface area contributed by atoms with E-state index in [0.29, 0.717) is 33.1 Å². The minimum atomic E-state index is -0.361. The fourth-order valence-corrected chi connectivity index (χ4v) is 3.91. The predicted octanol–water partition coefficient (Wildman–Crippen LogP) is 5.02. The van der Waals surface area contributed by atoms with Gasteiger partial charge in [-0.2, -0.15) is 0 Å². The van der Waals surface area contributed by atoms with Gasteiger partial charge in [0.2, 0.25) is 5.91 Å². The molecule has 0 fully saturated rings. The van der Waals surface area contributed by atoms with Gasteiger partial charge in [0, 0.05) is 22.8 Å². The number of benzene rings is 2. The maximum absolute atomic E-state index is 12.2. The lowest BCUT2D eigenvalue weighted by atomic mass is 10.2. The first-order valence-electron chi connectivity index (χ1n) is 8.52. The molecular formula is C20H18Cl2N4OS. The third kappa shape index (κ3) is 4.58. The fourth-order valence-electron chi connectivity index (χ4n) is 2.53. The van der Waals surface area contributed by atoms with Crippen LogP contribution in [0.3, 0.4) is 0 Å². The van der Waals surface area contributed by atoms with E-state index in [1.165, 1.54) is 11.8 Å². The van der Waals surface area contributed by atoms with Crippen LogP contribution in [0.15, 0.2) is 66.3 Å². The molecule has 0 spiro atoms. The molecule has 0 saturated carbocycles. The number of carbonyl (C=O) groups is 1. The zero-order chi connectivity index (χ0) is 20.1. The largest absolute Gasteiger partial charge is 0.352 e. The molecule has 28 heavy (non-hydrogen) atoms. The molecule has 3 rings (SSSR count). The van der Waals surface area contributed by atoms with Crippen molar-refractivity contribution < 1.29 is 4.79 Å². The van der Waals surface area contributed by atoms with E-state index in [-0.39, 0.29) is 11.2 Å². The van der Waals surface area contributed by atoms with Gasteiger partial charge in [0.05, 0.1) is 10.3 Å². The van der Waals surface area contributed by atoms with E-state index in [4.69, 9.17) is 23.2 Å². The molecular weight excluding hydrogens is 415 g/mol. The lowest BCUT2D eigenvalue weighted by molar-refractivity contribution is -0.120. The van der Waals surface area contributed by atoms with Crippen LogP contribution in [0.25, 0.3) is 17.1 Å². The first-order valence-corrected chi connectivity index (χ1v) is 10.2. The fraction of sp³-hybridized carbons (Fsp3) is 0.150. The number of thioether (sulfide) groups is 1. The van der Waals surface area contributed by atoms with Crippen LogP contribution in [0.1, 0.15) is 6.92 Å². The summed E-state index contributed by atoms with van der Waals surface area (Å²) < 4.78 is 1.89. The molecule has 2 aromatic carbocycles. The SMILES string of the molecule is C=CCNC(=O)C(C)Sc1nnc(-c2ccc(Cl)cc2Cl)n1-c1ccccc1. The summed E-state index contributed by atoms with van der Waals surface area (Å²) in [6, 6.07) is 14.9. The summed E-state index contributed by atoms with van der Waals surface area (Å²) >= 11 is 13.8. The Morgan fingerprint density at radius 1 is 1.25 bits per heavy atom. The van der Waals surface area contributed by atoms with Gasteiger partial charge in [-0.15, -0.1) is 16.8 Å². The number of hydrogen-bond donors (Lipinski definition) is 1. The molecule has 1 atom stereocenters. The Bertz CT molecular complexity index is 991. The van der Waals surface area contributed by atoms with E-state index >= 15 is 0 Å². The van der Waals surface area contributed by atoms with Crippen molar-refractivity contribution in [3.05, 3.63) is 71.2 Å². The zero-order valence-corrected chi connectivity index (χ0v) is 17.4. The number of para-hydroxylation sites is 1. The molecule has 0 aliphatic heterocycles. The minimum absolute atomic E-state index is 0.0985. The van der Waals surface area contributed by atoms with Crippen LogP contribution in [-0.4, -0.2) is 32.5 Å². The van der Waals surface area contributed by atoms with E-state index in [1.54, 1.807) is 18.2 Å². The van der Waals surface area contributed by atoms with Crippen LogP contribution in [0, 0.1) is 0 Å². The summed E-state index contributed by atoms with van der Waals surface area (Å²) in [5, 5.41) is 12.7. The molecule has 0 aliphatic rings. The van der Waals surface area contributed by atoms with Gasteiger partial charge in [0.1, 0.15) is 0 Å². The molecule has 1 unspecified atom stereocenters. The Balaban J connectivity index is 2.03. The molecule has 1 aromatic heterocycles. The zero-order valence-electron chi connectivity index (χ0n) is 15.1. The average molecular weight is 433 g/mol. The highest BCUT2D eigenvalue weighted by Crippen LogP contribution is 2.34. The number of rotatable bonds is 7. The van der Waals surface area contributed by atoms with Crippen LogP contribution < -0.4 is 5.32 Å². The van der Waals surface area contributed by atoms with Gasteiger partial charge in [-0.25, -0.2) is 0 Å². The monoisotopic (exact) mass is 432 g/mol. The van der Waals surface area contributed by atoms with E-state index in [1.807, 2.05) is 47.9 Å². The lowest BCUT2D eigenvalue weighted by Crippen LogP contribution is -2.31.